The van der Waals surface area contributed by atoms with Gasteiger partial charge in [-0.25, -0.2) is 0 Å². The Kier molecular flexibility index (Phi) is 6.89. The number of halogens is 1. The Balaban J connectivity index is 1.92. The lowest BCUT2D eigenvalue weighted by Gasteiger charge is -2.21. The minimum atomic E-state index is 0.726. The van der Waals surface area contributed by atoms with Gasteiger partial charge in [-0.05, 0) is 55.8 Å². The molecule has 1 saturated carbocycles. The number of benzene rings is 1. The SMILES string of the molecule is CCCNCC(Cc1ccccc1Cl)CC1CCCC1. The van der Waals surface area contributed by atoms with Crippen LogP contribution in [0.2, 0.25) is 5.02 Å². The molecule has 0 bridgehead atoms. The highest BCUT2D eigenvalue weighted by atomic mass is 35.5. The van der Waals surface area contributed by atoms with Gasteiger partial charge in [-0.1, -0.05) is 62.4 Å². The van der Waals surface area contributed by atoms with Crippen LogP contribution in [0.25, 0.3) is 0 Å². The van der Waals surface area contributed by atoms with Gasteiger partial charge in [0.1, 0.15) is 0 Å². The molecule has 112 valence electrons. The van der Waals surface area contributed by atoms with Gasteiger partial charge in [0.25, 0.3) is 0 Å². The Bertz CT molecular complexity index is 385. The highest BCUT2D eigenvalue weighted by Gasteiger charge is 2.20. The van der Waals surface area contributed by atoms with E-state index in [2.05, 4.69) is 24.4 Å². The van der Waals surface area contributed by atoms with E-state index >= 15 is 0 Å². The molecule has 0 heterocycles. The predicted octanol–water partition coefficient (Wildman–Crippen LogP) is 5.08. The zero-order valence-corrected chi connectivity index (χ0v) is 13.5. The van der Waals surface area contributed by atoms with Crippen molar-refractivity contribution in [2.24, 2.45) is 11.8 Å². The molecule has 1 nitrogen and oxygen atoms in total. The first-order chi connectivity index (χ1) is 9.79. The van der Waals surface area contributed by atoms with Crippen molar-refractivity contribution in [3.8, 4) is 0 Å². The summed E-state index contributed by atoms with van der Waals surface area (Å²) in [5, 5.41) is 4.54. The summed E-state index contributed by atoms with van der Waals surface area (Å²) < 4.78 is 0. The Morgan fingerprint density at radius 1 is 1.25 bits per heavy atom. The summed E-state index contributed by atoms with van der Waals surface area (Å²) in [5.41, 5.74) is 1.32. The van der Waals surface area contributed by atoms with E-state index in [1.807, 2.05) is 12.1 Å². The molecule has 1 unspecified atom stereocenters. The number of nitrogens with one attached hydrogen (secondary N) is 1. The Labute approximate surface area is 129 Å². The van der Waals surface area contributed by atoms with Crippen LogP contribution >= 0.6 is 11.6 Å². The van der Waals surface area contributed by atoms with Gasteiger partial charge in [0.2, 0.25) is 0 Å². The highest BCUT2D eigenvalue weighted by molar-refractivity contribution is 6.31. The fourth-order valence-electron chi connectivity index (χ4n) is 3.41. The van der Waals surface area contributed by atoms with Gasteiger partial charge in [-0.2, -0.15) is 0 Å². The molecule has 2 heteroatoms. The van der Waals surface area contributed by atoms with E-state index in [-0.39, 0.29) is 0 Å². The van der Waals surface area contributed by atoms with Crippen LogP contribution in [0.3, 0.4) is 0 Å². The largest absolute Gasteiger partial charge is 0.316 e. The maximum atomic E-state index is 6.33. The molecule has 1 fully saturated rings. The lowest BCUT2D eigenvalue weighted by atomic mass is 9.88. The lowest BCUT2D eigenvalue weighted by molar-refractivity contribution is 0.357. The van der Waals surface area contributed by atoms with Crippen molar-refractivity contribution in [2.75, 3.05) is 13.1 Å². The molecule has 1 aliphatic rings. The van der Waals surface area contributed by atoms with E-state index in [0.717, 1.165) is 36.4 Å². The maximum absolute atomic E-state index is 6.33. The van der Waals surface area contributed by atoms with Crippen molar-refractivity contribution in [3.05, 3.63) is 34.9 Å². The fourth-order valence-corrected chi connectivity index (χ4v) is 3.63. The molecule has 1 N–H and O–H groups in total. The van der Waals surface area contributed by atoms with E-state index in [1.165, 1.54) is 44.1 Å². The third kappa shape index (κ3) is 5.10. The molecular weight excluding hydrogens is 266 g/mol. The Morgan fingerprint density at radius 3 is 2.70 bits per heavy atom. The van der Waals surface area contributed by atoms with Crippen molar-refractivity contribution >= 4 is 11.6 Å². The predicted molar refractivity (Wildman–Crippen MR) is 88.4 cm³/mol. The van der Waals surface area contributed by atoms with Crippen molar-refractivity contribution < 1.29 is 0 Å². The summed E-state index contributed by atoms with van der Waals surface area (Å²) in [6, 6.07) is 8.33. The normalized spacial score (nSPS) is 17.5. The topological polar surface area (TPSA) is 12.0 Å². The first-order valence-electron chi connectivity index (χ1n) is 8.23. The van der Waals surface area contributed by atoms with Gasteiger partial charge in [-0.3, -0.25) is 0 Å². The van der Waals surface area contributed by atoms with E-state index in [0.29, 0.717) is 0 Å². The smallest absolute Gasteiger partial charge is 0.0438 e. The molecule has 0 aromatic heterocycles. The average molecular weight is 294 g/mol. The summed E-state index contributed by atoms with van der Waals surface area (Å²) >= 11 is 6.33. The highest BCUT2D eigenvalue weighted by Crippen LogP contribution is 2.32. The third-order valence-corrected chi connectivity index (χ3v) is 4.84. The Hall–Kier alpha value is -0.530. The van der Waals surface area contributed by atoms with Crippen LogP contribution in [0.4, 0.5) is 0 Å². The second kappa shape index (κ2) is 8.69. The molecular formula is C18H28ClN. The van der Waals surface area contributed by atoms with Crippen molar-refractivity contribution in [3.63, 3.8) is 0 Å². The van der Waals surface area contributed by atoms with Gasteiger partial charge in [0.15, 0.2) is 0 Å². The van der Waals surface area contributed by atoms with E-state index < -0.39 is 0 Å². The molecule has 1 aromatic rings. The van der Waals surface area contributed by atoms with Crippen molar-refractivity contribution in [1.82, 2.24) is 5.32 Å². The molecule has 1 aromatic carbocycles. The molecule has 0 saturated heterocycles. The standard InChI is InChI=1S/C18H28ClN/c1-2-11-20-14-16(12-15-7-3-4-8-15)13-17-9-5-6-10-18(17)19/h5-6,9-10,15-16,20H,2-4,7-8,11-14H2,1H3. The summed E-state index contributed by atoms with van der Waals surface area (Å²) in [7, 11) is 0. The van der Waals surface area contributed by atoms with Gasteiger partial charge in [-0.15, -0.1) is 0 Å². The minimum Gasteiger partial charge on any atom is -0.316 e. The second-order valence-electron chi connectivity index (χ2n) is 6.25. The number of rotatable bonds is 8. The average Bonchev–Trinajstić information content (AvgIpc) is 2.94. The van der Waals surface area contributed by atoms with Gasteiger partial charge in [0, 0.05) is 5.02 Å². The van der Waals surface area contributed by atoms with Gasteiger partial charge < -0.3 is 5.32 Å². The monoisotopic (exact) mass is 293 g/mol. The summed E-state index contributed by atoms with van der Waals surface area (Å²) in [5.74, 6) is 1.68. The van der Waals surface area contributed by atoms with E-state index in [9.17, 15) is 0 Å². The summed E-state index contributed by atoms with van der Waals surface area (Å²) in [4.78, 5) is 0. The molecule has 1 aliphatic carbocycles. The quantitative estimate of drug-likeness (QED) is 0.659. The lowest BCUT2D eigenvalue weighted by Crippen LogP contribution is -2.26. The molecule has 0 spiro atoms. The van der Waals surface area contributed by atoms with Crippen molar-refractivity contribution in [2.45, 2.75) is 51.9 Å². The first-order valence-corrected chi connectivity index (χ1v) is 8.61. The van der Waals surface area contributed by atoms with Crippen LogP contribution in [0.15, 0.2) is 24.3 Å². The van der Waals surface area contributed by atoms with Gasteiger partial charge in [0.05, 0.1) is 0 Å². The third-order valence-electron chi connectivity index (χ3n) is 4.47. The van der Waals surface area contributed by atoms with Crippen LogP contribution in [0, 0.1) is 11.8 Å². The zero-order chi connectivity index (χ0) is 14.2. The minimum absolute atomic E-state index is 0.726. The van der Waals surface area contributed by atoms with Crippen LogP contribution < -0.4 is 5.32 Å². The van der Waals surface area contributed by atoms with Crippen molar-refractivity contribution in [1.29, 1.82) is 0 Å². The van der Waals surface area contributed by atoms with E-state index in [1.54, 1.807) is 0 Å². The molecule has 0 amide bonds. The second-order valence-corrected chi connectivity index (χ2v) is 6.66. The molecule has 0 aliphatic heterocycles. The maximum Gasteiger partial charge on any atom is 0.0438 e. The number of hydrogen-bond donors (Lipinski definition) is 1. The van der Waals surface area contributed by atoms with Crippen LogP contribution in [0.1, 0.15) is 51.0 Å². The van der Waals surface area contributed by atoms with Crippen LogP contribution in [-0.4, -0.2) is 13.1 Å². The van der Waals surface area contributed by atoms with Gasteiger partial charge >= 0.3 is 0 Å². The first kappa shape index (κ1) is 15.9. The van der Waals surface area contributed by atoms with Crippen LogP contribution in [0.5, 0.6) is 0 Å². The summed E-state index contributed by atoms with van der Waals surface area (Å²) in [6.07, 6.45) is 9.44. The molecule has 1 atom stereocenters. The van der Waals surface area contributed by atoms with Crippen LogP contribution in [-0.2, 0) is 6.42 Å². The molecule has 20 heavy (non-hydrogen) atoms. The molecule has 2 rings (SSSR count). The Morgan fingerprint density at radius 2 is 2.00 bits per heavy atom. The zero-order valence-electron chi connectivity index (χ0n) is 12.7. The summed E-state index contributed by atoms with van der Waals surface area (Å²) in [6.45, 7) is 4.49. The molecule has 0 radical (unpaired) electrons. The fraction of sp³-hybridized carbons (Fsp3) is 0.667. The van der Waals surface area contributed by atoms with E-state index in [4.69, 9.17) is 11.6 Å². The number of hydrogen-bond acceptors (Lipinski definition) is 1.